The molecule has 1 aliphatic heterocycles. The van der Waals surface area contributed by atoms with Crippen LogP contribution in [0.25, 0.3) is 10.9 Å². The molecule has 0 aliphatic carbocycles. The number of halogens is 2. The van der Waals surface area contributed by atoms with Gasteiger partial charge in [0.15, 0.2) is 0 Å². The molecular weight excluding hydrogens is 358 g/mol. The van der Waals surface area contributed by atoms with Crippen molar-refractivity contribution in [3.8, 4) is 0 Å². The minimum Gasteiger partial charge on any atom is -0.392 e. The highest BCUT2D eigenvalue weighted by Crippen LogP contribution is 2.21. The van der Waals surface area contributed by atoms with Crippen LogP contribution >= 0.6 is 0 Å². The highest BCUT2D eigenvalue weighted by Gasteiger charge is 2.26. The summed E-state index contributed by atoms with van der Waals surface area (Å²) in [6.45, 7) is 3.59. The maximum absolute atomic E-state index is 13.8. The number of piperazine rings is 1. The fourth-order valence-corrected chi connectivity index (χ4v) is 3.10. The minimum atomic E-state index is -0.722. The van der Waals surface area contributed by atoms with Crippen molar-refractivity contribution in [2.24, 2.45) is 0 Å². The number of rotatable bonds is 5. The van der Waals surface area contributed by atoms with Crippen LogP contribution in [0.4, 0.5) is 8.78 Å². The zero-order valence-corrected chi connectivity index (χ0v) is 15.0. The topological polar surface area (TPSA) is 88.7 Å². The molecule has 1 fully saturated rings. The van der Waals surface area contributed by atoms with Crippen LogP contribution in [0.15, 0.2) is 18.2 Å². The summed E-state index contributed by atoms with van der Waals surface area (Å²) in [5, 5.41) is 12.2. The monoisotopic (exact) mass is 380 g/mol. The summed E-state index contributed by atoms with van der Waals surface area (Å²) in [6.07, 6.45) is -0.526. The van der Waals surface area contributed by atoms with Crippen LogP contribution in [0.2, 0.25) is 0 Å². The van der Waals surface area contributed by atoms with Crippen LogP contribution in [-0.4, -0.2) is 77.1 Å². The molecule has 1 aliphatic rings. The van der Waals surface area contributed by atoms with Crippen LogP contribution in [-0.2, 0) is 4.79 Å². The molecule has 7 nitrogen and oxygen atoms in total. The summed E-state index contributed by atoms with van der Waals surface area (Å²) >= 11 is 0. The summed E-state index contributed by atoms with van der Waals surface area (Å²) < 4.78 is 27.1. The number of aromatic nitrogens is 1. The van der Waals surface area contributed by atoms with E-state index in [1.54, 1.807) is 16.7 Å². The van der Waals surface area contributed by atoms with Crippen molar-refractivity contribution in [2.75, 3.05) is 39.3 Å². The van der Waals surface area contributed by atoms with Gasteiger partial charge < -0.3 is 25.2 Å². The molecule has 1 saturated heterocycles. The number of benzene rings is 1. The van der Waals surface area contributed by atoms with Gasteiger partial charge in [-0.25, -0.2) is 8.78 Å². The number of nitrogens with zero attached hydrogens (tertiary/aromatic N) is 2. The lowest BCUT2D eigenvalue weighted by Crippen LogP contribution is -2.52. The van der Waals surface area contributed by atoms with E-state index in [0.717, 1.165) is 12.1 Å². The fraction of sp³-hybridized carbons (Fsp3) is 0.444. The van der Waals surface area contributed by atoms with E-state index in [2.05, 4.69) is 10.3 Å². The van der Waals surface area contributed by atoms with Gasteiger partial charge in [0.1, 0.15) is 17.3 Å². The number of carbonyl (C=O) groups is 2. The first-order chi connectivity index (χ1) is 12.8. The molecule has 2 heterocycles. The van der Waals surface area contributed by atoms with Crippen LogP contribution < -0.4 is 5.32 Å². The van der Waals surface area contributed by atoms with Crippen LogP contribution in [0.3, 0.4) is 0 Å². The van der Waals surface area contributed by atoms with Gasteiger partial charge in [-0.1, -0.05) is 0 Å². The van der Waals surface area contributed by atoms with Crippen molar-refractivity contribution in [3.05, 3.63) is 35.5 Å². The van der Waals surface area contributed by atoms with Crippen molar-refractivity contribution in [3.63, 3.8) is 0 Å². The molecule has 0 saturated carbocycles. The zero-order valence-electron chi connectivity index (χ0n) is 15.0. The number of aliphatic hydroxyl groups is 1. The summed E-state index contributed by atoms with van der Waals surface area (Å²) in [6, 6.07) is 3.30. The molecule has 0 spiro atoms. The first-order valence-corrected chi connectivity index (χ1v) is 8.78. The van der Waals surface area contributed by atoms with Crippen LogP contribution in [0.1, 0.15) is 17.4 Å². The molecule has 1 aromatic carbocycles. The Bertz CT molecular complexity index is 844. The smallest absolute Gasteiger partial charge is 0.270 e. The number of H-pyrrole nitrogens is 1. The van der Waals surface area contributed by atoms with E-state index in [-0.39, 0.29) is 35.0 Å². The van der Waals surface area contributed by atoms with Crippen molar-refractivity contribution in [1.82, 2.24) is 20.1 Å². The van der Waals surface area contributed by atoms with E-state index >= 15 is 0 Å². The molecule has 27 heavy (non-hydrogen) atoms. The Morgan fingerprint density at radius 1 is 1.19 bits per heavy atom. The Morgan fingerprint density at radius 3 is 2.52 bits per heavy atom. The molecule has 146 valence electrons. The summed E-state index contributed by atoms with van der Waals surface area (Å²) in [5.41, 5.74) is 0.418. The molecular formula is C18H22F2N4O3. The predicted octanol–water partition coefficient (Wildman–Crippen LogP) is 0.701. The predicted molar refractivity (Wildman–Crippen MR) is 95.2 cm³/mol. The third kappa shape index (κ3) is 4.42. The molecule has 0 unspecified atom stereocenters. The molecule has 2 aromatic rings. The summed E-state index contributed by atoms with van der Waals surface area (Å²) in [7, 11) is 0. The van der Waals surface area contributed by atoms with Gasteiger partial charge in [0.05, 0.1) is 18.2 Å². The second-order valence-corrected chi connectivity index (χ2v) is 6.68. The van der Waals surface area contributed by atoms with Gasteiger partial charge in [-0.15, -0.1) is 0 Å². The molecule has 3 rings (SSSR count). The summed E-state index contributed by atoms with van der Waals surface area (Å²) in [5.74, 6) is -1.84. The van der Waals surface area contributed by atoms with Crippen molar-refractivity contribution < 1.29 is 23.5 Å². The Hall–Kier alpha value is -2.52. The van der Waals surface area contributed by atoms with Crippen molar-refractivity contribution in [2.45, 2.75) is 13.0 Å². The van der Waals surface area contributed by atoms with Gasteiger partial charge in [-0.2, -0.15) is 0 Å². The number of carbonyl (C=O) groups excluding carboxylic acids is 2. The lowest BCUT2D eigenvalue weighted by Gasteiger charge is -2.34. The number of aliphatic hydroxyl groups excluding tert-OH is 1. The number of aromatic amines is 1. The third-order valence-electron chi connectivity index (χ3n) is 4.52. The largest absolute Gasteiger partial charge is 0.392 e. The van der Waals surface area contributed by atoms with Gasteiger partial charge in [-0.3, -0.25) is 9.59 Å². The Balaban J connectivity index is 1.59. The van der Waals surface area contributed by atoms with Gasteiger partial charge >= 0.3 is 0 Å². The number of nitrogens with one attached hydrogen (secondary N) is 2. The lowest BCUT2D eigenvalue weighted by atomic mass is 10.2. The number of hydrogen-bond donors (Lipinski definition) is 3. The molecule has 2 amide bonds. The Labute approximate surface area is 154 Å². The quantitative estimate of drug-likeness (QED) is 0.713. The molecule has 9 heteroatoms. The molecule has 0 radical (unpaired) electrons. The summed E-state index contributed by atoms with van der Waals surface area (Å²) in [4.78, 5) is 30.7. The second-order valence-electron chi connectivity index (χ2n) is 6.68. The van der Waals surface area contributed by atoms with Gasteiger partial charge in [-0.05, 0) is 19.1 Å². The van der Waals surface area contributed by atoms with E-state index in [1.165, 1.54) is 6.07 Å². The van der Waals surface area contributed by atoms with E-state index < -0.39 is 17.7 Å². The van der Waals surface area contributed by atoms with Crippen LogP contribution in [0, 0.1) is 11.6 Å². The molecule has 0 bridgehead atoms. The minimum absolute atomic E-state index is 0.0918. The first kappa shape index (κ1) is 19.2. The SMILES string of the molecule is C[C@H](O)CNCC(=O)N1CCN(C(=O)c2cc3c(F)cc(F)cc3[nH]2)CC1. The van der Waals surface area contributed by atoms with Gasteiger partial charge in [0.25, 0.3) is 5.91 Å². The highest BCUT2D eigenvalue weighted by molar-refractivity contribution is 5.98. The van der Waals surface area contributed by atoms with Gasteiger partial charge in [0, 0.05) is 44.2 Å². The van der Waals surface area contributed by atoms with Crippen LogP contribution in [0.5, 0.6) is 0 Å². The molecule has 3 N–H and O–H groups in total. The second kappa shape index (κ2) is 8.01. The van der Waals surface area contributed by atoms with E-state index in [1.807, 2.05) is 0 Å². The molecule has 1 aromatic heterocycles. The van der Waals surface area contributed by atoms with Crippen molar-refractivity contribution >= 4 is 22.7 Å². The Morgan fingerprint density at radius 2 is 1.85 bits per heavy atom. The lowest BCUT2D eigenvalue weighted by molar-refractivity contribution is -0.131. The number of hydrogen-bond acceptors (Lipinski definition) is 4. The van der Waals surface area contributed by atoms with E-state index in [9.17, 15) is 23.5 Å². The Kier molecular flexibility index (Phi) is 5.71. The highest BCUT2D eigenvalue weighted by atomic mass is 19.1. The molecule has 1 atom stereocenters. The fourth-order valence-electron chi connectivity index (χ4n) is 3.10. The van der Waals surface area contributed by atoms with E-state index in [0.29, 0.717) is 32.7 Å². The maximum atomic E-state index is 13.8. The number of amides is 2. The first-order valence-electron chi connectivity index (χ1n) is 8.78. The zero-order chi connectivity index (χ0) is 19.6. The average molecular weight is 380 g/mol. The van der Waals surface area contributed by atoms with Gasteiger partial charge in [0.2, 0.25) is 5.91 Å². The van der Waals surface area contributed by atoms with Crippen molar-refractivity contribution in [1.29, 1.82) is 0 Å². The van der Waals surface area contributed by atoms with E-state index in [4.69, 9.17) is 0 Å². The maximum Gasteiger partial charge on any atom is 0.270 e. The average Bonchev–Trinajstić information content (AvgIpc) is 3.05. The third-order valence-corrected chi connectivity index (χ3v) is 4.52. The number of fused-ring (bicyclic) bond motifs is 1. The standard InChI is InChI=1S/C18H22F2N4O3/c1-11(25)9-21-10-17(26)23-2-4-24(5-3-23)18(27)16-8-13-14(20)6-12(19)7-15(13)22-16/h6-8,11,21-22,25H,2-5,9-10H2,1H3/t11-/m0/s1. The normalized spacial score (nSPS) is 16.0.